The maximum Gasteiger partial charge on any atom is 0.0723 e. The van der Waals surface area contributed by atoms with Crippen molar-refractivity contribution in [3.63, 3.8) is 0 Å². The minimum absolute atomic E-state index is 0.0494. The van der Waals surface area contributed by atoms with Gasteiger partial charge in [0, 0.05) is 22.8 Å². The molecule has 0 bridgehead atoms. The molecule has 0 aliphatic heterocycles. The standard InChI is InChI=1S/C57H42N2/c1-57(2)52-33-31-45(35-51(52)56-49-19-10-9-15-41(49)30-34-53(56)57)40-21-25-42(26-22-40)48-32-29-46(47-18-11-12-20-50(47)48)37-59-55(36-54(58)43-16-7-4-8-17-43)44-27-23-39(24-28-44)38-13-5-3-6-14-38/h3-37,58H,1-2H3/b55-36-,58-54?,59-37?. The number of nitrogens with one attached hydrogen (secondary N) is 1. The molecule has 1 aliphatic carbocycles. The molecular formula is C57H42N2. The molecule has 1 aliphatic rings. The minimum Gasteiger partial charge on any atom is -0.300 e. The van der Waals surface area contributed by atoms with Gasteiger partial charge in [-0.05, 0) is 94.9 Å². The van der Waals surface area contributed by atoms with Crippen LogP contribution in [0.4, 0.5) is 0 Å². The van der Waals surface area contributed by atoms with Gasteiger partial charge in [-0.3, -0.25) is 4.99 Å². The van der Waals surface area contributed by atoms with E-state index in [0.717, 1.165) is 33.3 Å². The van der Waals surface area contributed by atoms with E-state index in [0.29, 0.717) is 5.71 Å². The van der Waals surface area contributed by atoms with Gasteiger partial charge in [-0.1, -0.05) is 208 Å². The Morgan fingerprint density at radius 2 is 1.03 bits per heavy atom. The number of hydrogen-bond donors (Lipinski definition) is 1. The van der Waals surface area contributed by atoms with Crippen molar-refractivity contribution < 1.29 is 0 Å². The van der Waals surface area contributed by atoms with E-state index in [9.17, 15) is 0 Å². The van der Waals surface area contributed by atoms with E-state index >= 15 is 0 Å². The molecule has 0 spiro atoms. The van der Waals surface area contributed by atoms with Gasteiger partial charge in [-0.2, -0.15) is 0 Å². The second kappa shape index (κ2) is 14.8. The van der Waals surface area contributed by atoms with Crippen LogP contribution in [0.25, 0.3) is 71.7 Å². The third-order valence-electron chi connectivity index (χ3n) is 12.0. The fourth-order valence-electron chi connectivity index (χ4n) is 8.87. The molecule has 0 fully saturated rings. The first-order valence-corrected chi connectivity index (χ1v) is 20.3. The van der Waals surface area contributed by atoms with Crippen LogP contribution in [0.1, 0.15) is 41.7 Å². The minimum atomic E-state index is -0.0494. The highest BCUT2D eigenvalue weighted by Gasteiger charge is 2.36. The van der Waals surface area contributed by atoms with E-state index in [2.05, 4.69) is 178 Å². The lowest BCUT2D eigenvalue weighted by Gasteiger charge is -2.21. The Kier molecular flexibility index (Phi) is 9.03. The van der Waals surface area contributed by atoms with Crippen molar-refractivity contribution in [1.82, 2.24) is 0 Å². The SMILES string of the molecule is CC1(C)c2ccc(-c3ccc(-c4ccc(C=N/C(=C\C(=N)c5ccccc5)c5ccc(-c6ccccc6)cc5)c5ccccc45)cc3)cc2-c2c1ccc1ccccc21. The predicted octanol–water partition coefficient (Wildman–Crippen LogP) is 14.8. The highest BCUT2D eigenvalue weighted by molar-refractivity contribution is 6.12. The number of fused-ring (bicyclic) bond motifs is 6. The molecule has 9 aromatic rings. The molecule has 0 atom stereocenters. The van der Waals surface area contributed by atoms with Crippen LogP contribution in [0.2, 0.25) is 0 Å². The van der Waals surface area contributed by atoms with Gasteiger partial charge in [-0.15, -0.1) is 0 Å². The lowest BCUT2D eigenvalue weighted by Crippen LogP contribution is -2.14. The molecule has 2 nitrogen and oxygen atoms in total. The molecule has 1 N–H and O–H groups in total. The lowest BCUT2D eigenvalue weighted by molar-refractivity contribution is 0.661. The zero-order valence-electron chi connectivity index (χ0n) is 33.2. The fourth-order valence-corrected chi connectivity index (χ4v) is 8.87. The zero-order chi connectivity index (χ0) is 39.9. The maximum atomic E-state index is 8.95. The highest BCUT2D eigenvalue weighted by Crippen LogP contribution is 2.52. The van der Waals surface area contributed by atoms with Gasteiger partial charge in [0.25, 0.3) is 0 Å². The van der Waals surface area contributed by atoms with E-state index < -0.39 is 0 Å². The van der Waals surface area contributed by atoms with Crippen LogP contribution in [-0.2, 0) is 5.41 Å². The van der Waals surface area contributed by atoms with Gasteiger partial charge in [0.1, 0.15) is 0 Å². The van der Waals surface area contributed by atoms with Gasteiger partial charge in [0.2, 0.25) is 0 Å². The van der Waals surface area contributed by atoms with E-state index in [1.807, 2.05) is 48.7 Å². The molecule has 2 heteroatoms. The van der Waals surface area contributed by atoms with Crippen molar-refractivity contribution in [3.8, 4) is 44.5 Å². The smallest absolute Gasteiger partial charge is 0.0723 e. The largest absolute Gasteiger partial charge is 0.300 e. The molecule has 59 heavy (non-hydrogen) atoms. The average molecular weight is 755 g/mol. The van der Waals surface area contributed by atoms with Crippen LogP contribution in [0.5, 0.6) is 0 Å². The lowest BCUT2D eigenvalue weighted by atomic mass is 9.82. The Balaban J connectivity index is 0.979. The molecule has 0 saturated carbocycles. The van der Waals surface area contributed by atoms with E-state index in [-0.39, 0.29) is 5.41 Å². The summed E-state index contributed by atoms with van der Waals surface area (Å²) in [5, 5.41) is 13.8. The van der Waals surface area contributed by atoms with Crippen molar-refractivity contribution in [1.29, 1.82) is 5.41 Å². The number of allylic oxidation sites excluding steroid dienone is 1. The molecule has 10 rings (SSSR count). The molecule has 0 heterocycles. The van der Waals surface area contributed by atoms with Crippen molar-refractivity contribution in [2.45, 2.75) is 19.3 Å². The fraction of sp³-hybridized carbons (Fsp3) is 0.0526. The maximum absolute atomic E-state index is 8.95. The van der Waals surface area contributed by atoms with Crippen molar-refractivity contribution in [3.05, 3.63) is 234 Å². The zero-order valence-corrected chi connectivity index (χ0v) is 33.2. The predicted molar refractivity (Wildman–Crippen MR) is 251 cm³/mol. The summed E-state index contributed by atoms with van der Waals surface area (Å²) in [6.45, 7) is 4.70. The van der Waals surface area contributed by atoms with E-state index in [4.69, 9.17) is 10.4 Å². The van der Waals surface area contributed by atoms with Crippen molar-refractivity contribution in [2.24, 2.45) is 4.99 Å². The summed E-state index contributed by atoms with van der Waals surface area (Å²) >= 11 is 0. The third kappa shape index (κ3) is 6.59. The topological polar surface area (TPSA) is 36.2 Å². The monoisotopic (exact) mass is 754 g/mol. The molecule has 0 saturated heterocycles. The summed E-state index contributed by atoms with van der Waals surface area (Å²) in [4.78, 5) is 5.09. The van der Waals surface area contributed by atoms with Crippen molar-refractivity contribution >= 4 is 39.2 Å². The summed E-state index contributed by atoms with van der Waals surface area (Å²) < 4.78 is 0. The summed E-state index contributed by atoms with van der Waals surface area (Å²) in [6, 6.07) is 71.0. The quantitative estimate of drug-likeness (QED) is 0.150. The van der Waals surface area contributed by atoms with Crippen LogP contribution in [-0.4, -0.2) is 11.9 Å². The second-order valence-electron chi connectivity index (χ2n) is 15.9. The first kappa shape index (κ1) is 36.0. The Labute approximate surface area is 346 Å². The van der Waals surface area contributed by atoms with Crippen LogP contribution >= 0.6 is 0 Å². The molecule has 9 aromatic carbocycles. The summed E-state index contributed by atoms with van der Waals surface area (Å²) in [5.74, 6) is 0. The number of benzene rings is 9. The highest BCUT2D eigenvalue weighted by atomic mass is 14.7. The molecular weight excluding hydrogens is 713 g/mol. The Morgan fingerprint density at radius 3 is 1.80 bits per heavy atom. The van der Waals surface area contributed by atoms with Gasteiger partial charge < -0.3 is 5.41 Å². The molecule has 0 amide bonds. The summed E-state index contributed by atoms with van der Waals surface area (Å²) in [5.41, 5.74) is 16.5. The van der Waals surface area contributed by atoms with Crippen LogP contribution in [0.3, 0.4) is 0 Å². The van der Waals surface area contributed by atoms with E-state index in [1.54, 1.807) is 0 Å². The summed E-state index contributed by atoms with van der Waals surface area (Å²) in [7, 11) is 0. The van der Waals surface area contributed by atoms with Crippen LogP contribution in [0.15, 0.2) is 211 Å². The molecule has 280 valence electrons. The van der Waals surface area contributed by atoms with Gasteiger partial charge in [0.05, 0.1) is 11.4 Å². The molecule has 0 aromatic heterocycles. The normalized spacial score (nSPS) is 13.2. The number of nitrogens with zero attached hydrogens (tertiary/aromatic N) is 1. The Bertz CT molecular complexity index is 3100. The van der Waals surface area contributed by atoms with Gasteiger partial charge >= 0.3 is 0 Å². The number of rotatable bonds is 8. The second-order valence-corrected chi connectivity index (χ2v) is 15.9. The van der Waals surface area contributed by atoms with E-state index in [1.165, 1.54) is 66.2 Å². The van der Waals surface area contributed by atoms with Crippen LogP contribution in [0, 0.1) is 5.41 Å². The van der Waals surface area contributed by atoms with Crippen LogP contribution < -0.4 is 0 Å². The van der Waals surface area contributed by atoms with Gasteiger partial charge in [0.15, 0.2) is 0 Å². The third-order valence-corrected chi connectivity index (χ3v) is 12.0. The average Bonchev–Trinajstić information content (AvgIpc) is 3.53. The van der Waals surface area contributed by atoms with Gasteiger partial charge in [-0.25, -0.2) is 0 Å². The first-order valence-electron chi connectivity index (χ1n) is 20.3. The Morgan fingerprint density at radius 1 is 0.458 bits per heavy atom. The molecule has 0 unspecified atom stereocenters. The first-order chi connectivity index (χ1) is 28.9. The number of hydrogen-bond acceptors (Lipinski definition) is 2. The summed E-state index contributed by atoms with van der Waals surface area (Å²) in [6.07, 6.45) is 3.81. The molecule has 0 radical (unpaired) electrons. The van der Waals surface area contributed by atoms with Crippen molar-refractivity contribution in [2.75, 3.05) is 0 Å². The number of aliphatic imine (C=N–C) groups is 1. The Hall–Kier alpha value is -7.42.